The summed E-state index contributed by atoms with van der Waals surface area (Å²) in [6.45, 7) is 12.9. The number of ether oxygens (including phenoxy) is 2. The van der Waals surface area contributed by atoms with Crippen molar-refractivity contribution in [3.05, 3.63) is 29.8 Å². The molecule has 1 aromatic rings. The van der Waals surface area contributed by atoms with Gasteiger partial charge >= 0.3 is 12.2 Å². The van der Waals surface area contributed by atoms with Crippen LogP contribution in [-0.4, -0.2) is 58.9 Å². The van der Waals surface area contributed by atoms with Crippen molar-refractivity contribution >= 4 is 17.9 Å². The van der Waals surface area contributed by atoms with Crippen LogP contribution < -0.4 is 5.73 Å². The average Bonchev–Trinajstić information content (AvgIpc) is 2.72. The van der Waals surface area contributed by atoms with Gasteiger partial charge in [0.25, 0.3) is 0 Å². The number of benzene rings is 1. The van der Waals surface area contributed by atoms with E-state index in [1.54, 1.807) is 4.90 Å². The Morgan fingerprint density at radius 1 is 0.853 bits per heavy atom. The van der Waals surface area contributed by atoms with Gasteiger partial charge in [0.05, 0.1) is 0 Å². The Bertz CT molecular complexity index is 775. The molecule has 2 rings (SSSR count). The number of carbonyl (C=O) groups is 2. The standard InChI is InChI=1S/C27H45N3O4/c1-26(2,3)33-24(31)29(20-17-21-13-15-22(28)16-14-21)18-10-19-30(23-11-8-7-9-12-23)25(32)34-27(4,5)6/h13-16,23H,7-12,17-20,28H2,1-6H3. The fourth-order valence-electron chi connectivity index (χ4n) is 4.14. The third-order valence-electron chi connectivity index (χ3n) is 5.77. The summed E-state index contributed by atoms with van der Waals surface area (Å²) in [4.78, 5) is 29.5. The Kier molecular flexibility index (Phi) is 10.1. The molecule has 0 aliphatic heterocycles. The highest BCUT2D eigenvalue weighted by molar-refractivity contribution is 5.69. The van der Waals surface area contributed by atoms with Crippen LogP contribution in [0.15, 0.2) is 24.3 Å². The van der Waals surface area contributed by atoms with Crippen molar-refractivity contribution in [2.45, 2.75) is 104 Å². The quantitative estimate of drug-likeness (QED) is 0.466. The minimum atomic E-state index is -0.568. The van der Waals surface area contributed by atoms with Gasteiger partial charge in [0.15, 0.2) is 0 Å². The third kappa shape index (κ3) is 10.2. The molecule has 7 nitrogen and oxygen atoms in total. The number of rotatable bonds is 8. The van der Waals surface area contributed by atoms with Crippen LogP contribution in [0.25, 0.3) is 0 Å². The molecule has 192 valence electrons. The van der Waals surface area contributed by atoms with Gasteiger partial charge in [-0.3, -0.25) is 0 Å². The summed E-state index contributed by atoms with van der Waals surface area (Å²) in [6, 6.07) is 7.91. The van der Waals surface area contributed by atoms with E-state index >= 15 is 0 Å². The lowest BCUT2D eigenvalue weighted by molar-refractivity contribution is 0.0101. The van der Waals surface area contributed by atoms with Gasteiger partial charge in [0, 0.05) is 31.4 Å². The largest absolute Gasteiger partial charge is 0.444 e. The lowest BCUT2D eigenvalue weighted by Gasteiger charge is -2.36. The molecule has 34 heavy (non-hydrogen) atoms. The molecule has 0 unspecified atom stereocenters. The highest BCUT2D eigenvalue weighted by Crippen LogP contribution is 2.25. The van der Waals surface area contributed by atoms with Crippen molar-refractivity contribution in [1.82, 2.24) is 9.80 Å². The molecule has 7 heteroatoms. The maximum atomic E-state index is 13.0. The summed E-state index contributed by atoms with van der Waals surface area (Å²) in [5.41, 5.74) is 6.52. The van der Waals surface area contributed by atoms with Crippen LogP contribution in [0.4, 0.5) is 15.3 Å². The molecule has 2 amide bonds. The van der Waals surface area contributed by atoms with E-state index in [1.807, 2.05) is 70.7 Å². The van der Waals surface area contributed by atoms with Gasteiger partial charge in [-0.2, -0.15) is 0 Å². The van der Waals surface area contributed by atoms with Crippen LogP contribution in [0.3, 0.4) is 0 Å². The summed E-state index contributed by atoms with van der Waals surface area (Å²) in [7, 11) is 0. The Morgan fingerprint density at radius 3 is 1.97 bits per heavy atom. The first-order chi connectivity index (χ1) is 15.8. The minimum Gasteiger partial charge on any atom is -0.444 e. The lowest BCUT2D eigenvalue weighted by atomic mass is 9.94. The van der Waals surface area contributed by atoms with E-state index in [-0.39, 0.29) is 18.2 Å². The molecule has 1 fully saturated rings. The van der Waals surface area contributed by atoms with Crippen molar-refractivity contribution in [2.75, 3.05) is 25.4 Å². The van der Waals surface area contributed by atoms with Crippen LogP contribution in [0.5, 0.6) is 0 Å². The van der Waals surface area contributed by atoms with Crippen LogP contribution in [-0.2, 0) is 15.9 Å². The number of anilines is 1. The summed E-state index contributed by atoms with van der Waals surface area (Å²) >= 11 is 0. The zero-order valence-corrected chi connectivity index (χ0v) is 22.1. The average molecular weight is 476 g/mol. The first-order valence-electron chi connectivity index (χ1n) is 12.7. The van der Waals surface area contributed by atoms with Gasteiger partial charge in [-0.05, 0) is 84.9 Å². The molecule has 0 atom stereocenters. The second-order valence-corrected chi connectivity index (χ2v) is 11.3. The van der Waals surface area contributed by atoms with Gasteiger partial charge < -0.3 is 25.0 Å². The molecule has 0 radical (unpaired) electrons. The molecule has 0 aromatic heterocycles. The van der Waals surface area contributed by atoms with Gasteiger partial charge in [-0.25, -0.2) is 9.59 Å². The predicted octanol–water partition coefficient (Wildman–Crippen LogP) is 6.01. The Labute approximate surface area is 205 Å². The zero-order valence-electron chi connectivity index (χ0n) is 22.1. The smallest absolute Gasteiger partial charge is 0.410 e. The summed E-state index contributed by atoms with van der Waals surface area (Å²) in [5.74, 6) is 0. The lowest BCUT2D eigenvalue weighted by Crippen LogP contribution is -2.46. The number of nitrogen functional groups attached to an aromatic ring is 1. The highest BCUT2D eigenvalue weighted by Gasteiger charge is 2.30. The van der Waals surface area contributed by atoms with Gasteiger partial charge in [-0.15, -0.1) is 0 Å². The van der Waals surface area contributed by atoms with E-state index in [1.165, 1.54) is 6.42 Å². The molecule has 1 aliphatic rings. The Hall–Kier alpha value is -2.44. The molecule has 0 saturated heterocycles. The van der Waals surface area contributed by atoms with E-state index in [4.69, 9.17) is 15.2 Å². The third-order valence-corrected chi connectivity index (χ3v) is 5.77. The van der Waals surface area contributed by atoms with E-state index < -0.39 is 11.2 Å². The molecule has 0 spiro atoms. The fourth-order valence-corrected chi connectivity index (χ4v) is 4.14. The van der Waals surface area contributed by atoms with Crippen LogP contribution in [0.1, 0.15) is 85.6 Å². The second kappa shape index (κ2) is 12.3. The molecule has 1 saturated carbocycles. The number of nitrogens with zero attached hydrogens (tertiary/aromatic N) is 2. The predicted molar refractivity (Wildman–Crippen MR) is 137 cm³/mol. The van der Waals surface area contributed by atoms with Crippen molar-refractivity contribution in [1.29, 1.82) is 0 Å². The summed E-state index contributed by atoms with van der Waals surface area (Å²) < 4.78 is 11.4. The maximum absolute atomic E-state index is 13.0. The molecular weight excluding hydrogens is 430 g/mol. The Morgan fingerprint density at radius 2 is 1.41 bits per heavy atom. The topological polar surface area (TPSA) is 85.1 Å². The molecule has 0 bridgehead atoms. The normalized spacial score (nSPS) is 15.0. The summed E-state index contributed by atoms with van der Waals surface area (Å²) in [6.07, 6.45) is 6.28. The van der Waals surface area contributed by atoms with Gasteiger partial charge in [-0.1, -0.05) is 31.4 Å². The molecule has 0 heterocycles. The van der Waals surface area contributed by atoms with E-state index in [0.29, 0.717) is 32.5 Å². The molecule has 1 aromatic carbocycles. The molecular formula is C27H45N3O4. The van der Waals surface area contributed by atoms with Crippen molar-refractivity contribution in [3.8, 4) is 0 Å². The Balaban J connectivity index is 2.04. The van der Waals surface area contributed by atoms with E-state index in [9.17, 15) is 9.59 Å². The number of nitrogens with two attached hydrogens (primary N) is 1. The fraction of sp³-hybridized carbons (Fsp3) is 0.704. The number of amides is 2. The highest BCUT2D eigenvalue weighted by atomic mass is 16.6. The van der Waals surface area contributed by atoms with Gasteiger partial charge in [0.2, 0.25) is 0 Å². The van der Waals surface area contributed by atoms with E-state index in [2.05, 4.69) is 0 Å². The van der Waals surface area contributed by atoms with E-state index in [0.717, 1.165) is 36.9 Å². The molecule has 1 aliphatic carbocycles. The van der Waals surface area contributed by atoms with Crippen molar-refractivity contribution in [2.24, 2.45) is 0 Å². The SMILES string of the molecule is CC(C)(C)OC(=O)N(CCCN(C(=O)OC(C)(C)C)C1CCCCC1)CCc1ccc(N)cc1. The van der Waals surface area contributed by atoms with Crippen LogP contribution in [0, 0.1) is 0 Å². The van der Waals surface area contributed by atoms with Crippen molar-refractivity contribution < 1.29 is 19.1 Å². The maximum Gasteiger partial charge on any atom is 0.410 e. The number of hydrogen-bond donors (Lipinski definition) is 1. The monoisotopic (exact) mass is 475 g/mol. The molecule has 2 N–H and O–H groups in total. The first-order valence-corrected chi connectivity index (χ1v) is 12.7. The van der Waals surface area contributed by atoms with Crippen molar-refractivity contribution in [3.63, 3.8) is 0 Å². The summed E-state index contributed by atoms with van der Waals surface area (Å²) in [5, 5.41) is 0. The van der Waals surface area contributed by atoms with Crippen LogP contribution >= 0.6 is 0 Å². The zero-order chi connectivity index (χ0) is 25.4. The minimum absolute atomic E-state index is 0.202. The van der Waals surface area contributed by atoms with Crippen LogP contribution in [0.2, 0.25) is 0 Å². The number of hydrogen-bond acceptors (Lipinski definition) is 5. The first kappa shape index (κ1) is 27.8. The van der Waals surface area contributed by atoms with Gasteiger partial charge in [0.1, 0.15) is 11.2 Å². The second-order valence-electron chi connectivity index (χ2n) is 11.3. The number of carbonyl (C=O) groups excluding carboxylic acids is 2.